The lowest BCUT2D eigenvalue weighted by atomic mass is 10.1. The summed E-state index contributed by atoms with van der Waals surface area (Å²) in [5.74, 6) is 0.967. The van der Waals surface area contributed by atoms with Crippen LogP contribution in [0.4, 0.5) is 0 Å². The quantitative estimate of drug-likeness (QED) is 0.230. The van der Waals surface area contributed by atoms with E-state index in [-0.39, 0.29) is 11.6 Å². The van der Waals surface area contributed by atoms with Gasteiger partial charge in [-0.05, 0) is 88.9 Å². The van der Waals surface area contributed by atoms with Crippen molar-refractivity contribution in [3.8, 4) is 11.5 Å². The molecule has 1 aliphatic rings. The Morgan fingerprint density at radius 1 is 1.03 bits per heavy atom. The number of nitrogens with zero attached hydrogens (tertiary/aromatic N) is 1. The molecule has 5 nitrogen and oxygen atoms in total. The lowest BCUT2D eigenvalue weighted by Crippen LogP contribution is -2.05. The molecule has 0 aromatic heterocycles. The third-order valence-corrected chi connectivity index (χ3v) is 6.10. The Hall–Kier alpha value is -2.90. The highest BCUT2D eigenvalue weighted by atomic mass is 79.9. The van der Waals surface area contributed by atoms with E-state index in [2.05, 4.69) is 49.8 Å². The fourth-order valence-electron chi connectivity index (χ4n) is 3.28. The van der Waals surface area contributed by atoms with Crippen molar-refractivity contribution < 1.29 is 19.0 Å². The molecule has 0 atom stereocenters. The number of cyclic esters (lactones) is 1. The largest absolute Gasteiger partial charge is 0.490 e. The number of benzene rings is 3. The van der Waals surface area contributed by atoms with Crippen LogP contribution in [0, 0.1) is 6.92 Å². The Kier molecular flexibility index (Phi) is 7.30. The van der Waals surface area contributed by atoms with E-state index >= 15 is 0 Å². The highest BCUT2D eigenvalue weighted by Gasteiger charge is 2.24. The summed E-state index contributed by atoms with van der Waals surface area (Å²) >= 11 is 6.99. The summed E-state index contributed by atoms with van der Waals surface area (Å²) in [7, 11) is 0. The number of aliphatic imine (C=N–C) groups is 1. The fraction of sp³-hybridized carbons (Fsp3) is 0.154. The Bertz CT molecular complexity index is 1250. The molecule has 0 aliphatic carbocycles. The standard InChI is InChI=1S/C26H21Br2NO4/c1-3-31-23-14-17(12-21(28)24(23)32-15-19-7-5-4-6-16(19)2)13-22-26(30)33-25(29-22)18-8-10-20(27)11-9-18/h4-14H,3,15H2,1-2H3/b22-13-. The molecule has 0 radical (unpaired) electrons. The minimum atomic E-state index is -0.498. The third kappa shape index (κ3) is 5.54. The molecule has 0 bridgehead atoms. The van der Waals surface area contributed by atoms with E-state index in [4.69, 9.17) is 14.2 Å². The molecule has 33 heavy (non-hydrogen) atoms. The summed E-state index contributed by atoms with van der Waals surface area (Å²) in [5.41, 5.74) is 3.94. The molecule has 7 heteroatoms. The highest BCUT2D eigenvalue weighted by molar-refractivity contribution is 9.10. The van der Waals surface area contributed by atoms with E-state index in [0.717, 1.165) is 31.2 Å². The molecule has 0 N–H and O–H groups in total. The maximum atomic E-state index is 12.4. The molecule has 1 heterocycles. The molecule has 0 amide bonds. The first-order chi connectivity index (χ1) is 15.9. The van der Waals surface area contributed by atoms with Crippen LogP contribution in [-0.2, 0) is 16.1 Å². The SMILES string of the molecule is CCOc1cc(/C=C2\N=C(c3ccc(Br)cc3)OC2=O)cc(Br)c1OCc1ccccc1C. The smallest absolute Gasteiger partial charge is 0.363 e. The summed E-state index contributed by atoms with van der Waals surface area (Å²) in [6.45, 7) is 4.85. The van der Waals surface area contributed by atoms with Crippen LogP contribution in [0.1, 0.15) is 29.2 Å². The molecule has 3 aromatic rings. The number of rotatable bonds is 7. The topological polar surface area (TPSA) is 57.1 Å². The van der Waals surface area contributed by atoms with Gasteiger partial charge in [0.1, 0.15) is 6.61 Å². The van der Waals surface area contributed by atoms with Gasteiger partial charge in [0.15, 0.2) is 17.2 Å². The summed E-state index contributed by atoms with van der Waals surface area (Å²) in [6, 6.07) is 19.2. The Morgan fingerprint density at radius 3 is 2.52 bits per heavy atom. The van der Waals surface area contributed by atoms with Crippen LogP contribution in [0.2, 0.25) is 0 Å². The van der Waals surface area contributed by atoms with Crippen molar-refractivity contribution in [2.45, 2.75) is 20.5 Å². The van der Waals surface area contributed by atoms with Gasteiger partial charge in [-0.3, -0.25) is 0 Å². The number of hydrogen-bond acceptors (Lipinski definition) is 5. The minimum Gasteiger partial charge on any atom is -0.490 e. The fourth-order valence-corrected chi connectivity index (χ4v) is 4.12. The average molecular weight is 571 g/mol. The molecule has 4 rings (SSSR count). The predicted octanol–water partition coefficient (Wildman–Crippen LogP) is 6.84. The van der Waals surface area contributed by atoms with Gasteiger partial charge in [0.25, 0.3) is 0 Å². The first-order valence-corrected chi connectivity index (χ1v) is 12.0. The second kappa shape index (κ2) is 10.4. The van der Waals surface area contributed by atoms with Crippen LogP contribution in [0.25, 0.3) is 6.08 Å². The summed E-state index contributed by atoms with van der Waals surface area (Å²) in [6.07, 6.45) is 1.67. The molecular formula is C26H21Br2NO4. The Balaban J connectivity index is 1.61. The molecule has 1 aliphatic heterocycles. The van der Waals surface area contributed by atoms with Gasteiger partial charge < -0.3 is 14.2 Å². The number of hydrogen-bond donors (Lipinski definition) is 0. The van der Waals surface area contributed by atoms with Crippen molar-refractivity contribution in [3.63, 3.8) is 0 Å². The number of carbonyl (C=O) groups excluding carboxylic acids is 1. The zero-order valence-corrected chi connectivity index (χ0v) is 21.3. The van der Waals surface area contributed by atoms with Gasteiger partial charge in [-0.2, -0.15) is 0 Å². The highest BCUT2D eigenvalue weighted by Crippen LogP contribution is 2.38. The second-order valence-corrected chi connectivity index (χ2v) is 9.09. The van der Waals surface area contributed by atoms with Crippen molar-refractivity contribution in [2.75, 3.05) is 6.61 Å². The van der Waals surface area contributed by atoms with E-state index in [1.807, 2.05) is 61.5 Å². The Morgan fingerprint density at radius 2 is 1.79 bits per heavy atom. The van der Waals surface area contributed by atoms with Crippen molar-refractivity contribution in [3.05, 3.63) is 97.6 Å². The van der Waals surface area contributed by atoms with Crippen LogP contribution in [0.3, 0.4) is 0 Å². The van der Waals surface area contributed by atoms with Crippen LogP contribution in [-0.4, -0.2) is 18.5 Å². The van der Waals surface area contributed by atoms with Gasteiger partial charge in [0.05, 0.1) is 11.1 Å². The van der Waals surface area contributed by atoms with Crippen molar-refractivity contribution in [2.24, 2.45) is 4.99 Å². The monoisotopic (exact) mass is 569 g/mol. The molecule has 168 valence electrons. The van der Waals surface area contributed by atoms with Crippen LogP contribution >= 0.6 is 31.9 Å². The normalized spacial score (nSPS) is 14.2. The predicted molar refractivity (Wildman–Crippen MR) is 136 cm³/mol. The van der Waals surface area contributed by atoms with Crippen molar-refractivity contribution in [1.82, 2.24) is 0 Å². The van der Waals surface area contributed by atoms with E-state index in [1.165, 1.54) is 0 Å². The summed E-state index contributed by atoms with van der Waals surface area (Å²) < 4.78 is 18.9. The van der Waals surface area contributed by atoms with Gasteiger partial charge in [0, 0.05) is 10.0 Å². The maximum absolute atomic E-state index is 12.4. The van der Waals surface area contributed by atoms with E-state index < -0.39 is 5.97 Å². The number of halogens is 2. The number of ether oxygens (including phenoxy) is 3. The summed E-state index contributed by atoms with van der Waals surface area (Å²) in [4.78, 5) is 16.8. The molecule has 0 unspecified atom stereocenters. The number of esters is 1. The first kappa shape index (κ1) is 23.3. The van der Waals surface area contributed by atoms with E-state index in [0.29, 0.717) is 24.7 Å². The molecule has 0 saturated carbocycles. The van der Waals surface area contributed by atoms with Crippen LogP contribution in [0.5, 0.6) is 11.5 Å². The van der Waals surface area contributed by atoms with Crippen molar-refractivity contribution in [1.29, 1.82) is 0 Å². The van der Waals surface area contributed by atoms with Crippen LogP contribution < -0.4 is 9.47 Å². The van der Waals surface area contributed by atoms with Gasteiger partial charge in [0.2, 0.25) is 5.90 Å². The first-order valence-electron chi connectivity index (χ1n) is 10.4. The number of aryl methyl sites for hydroxylation is 1. The Labute approximate surface area is 209 Å². The molecule has 0 saturated heterocycles. The molecular weight excluding hydrogens is 550 g/mol. The summed E-state index contributed by atoms with van der Waals surface area (Å²) in [5, 5.41) is 0. The van der Waals surface area contributed by atoms with Crippen molar-refractivity contribution >= 4 is 49.8 Å². The average Bonchev–Trinajstić information content (AvgIpc) is 3.15. The van der Waals surface area contributed by atoms with Gasteiger partial charge in [-0.15, -0.1) is 0 Å². The molecule has 0 spiro atoms. The minimum absolute atomic E-state index is 0.218. The van der Waals surface area contributed by atoms with Gasteiger partial charge >= 0.3 is 5.97 Å². The van der Waals surface area contributed by atoms with Gasteiger partial charge in [-0.1, -0.05) is 40.2 Å². The maximum Gasteiger partial charge on any atom is 0.363 e. The van der Waals surface area contributed by atoms with Gasteiger partial charge in [-0.25, -0.2) is 9.79 Å². The zero-order chi connectivity index (χ0) is 23.4. The second-order valence-electron chi connectivity index (χ2n) is 7.32. The van der Waals surface area contributed by atoms with Crippen LogP contribution in [0.15, 0.2) is 80.3 Å². The molecule has 0 fully saturated rings. The molecule has 3 aromatic carbocycles. The zero-order valence-electron chi connectivity index (χ0n) is 18.1. The van der Waals surface area contributed by atoms with E-state index in [9.17, 15) is 4.79 Å². The van der Waals surface area contributed by atoms with E-state index in [1.54, 1.807) is 6.08 Å². The lowest BCUT2D eigenvalue weighted by Gasteiger charge is -2.15. The number of carbonyl (C=O) groups is 1. The lowest BCUT2D eigenvalue weighted by molar-refractivity contribution is -0.129. The third-order valence-electron chi connectivity index (χ3n) is 4.98.